The fourth-order valence-corrected chi connectivity index (χ4v) is 3.58. The van der Waals surface area contributed by atoms with E-state index in [1.165, 1.54) is 11.0 Å². The normalized spacial score (nSPS) is 18.2. The lowest BCUT2D eigenvalue weighted by molar-refractivity contribution is -0.123. The number of hydrogen-bond donors (Lipinski definition) is 2. The third kappa shape index (κ3) is 2.82. The highest BCUT2D eigenvalue weighted by molar-refractivity contribution is 6.30. The van der Waals surface area contributed by atoms with Crippen LogP contribution >= 0.6 is 11.6 Å². The van der Waals surface area contributed by atoms with E-state index in [1.54, 1.807) is 50.2 Å². The Morgan fingerprint density at radius 1 is 1.24 bits per heavy atom. The van der Waals surface area contributed by atoms with Crippen molar-refractivity contribution < 1.29 is 19.4 Å². The molecular formula is C19H19ClFNO3. The molecule has 132 valence electrons. The van der Waals surface area contributed by atoms with Crippen LogP contribution in [0.25, 0.3) is 0 Å². The number of para-hydroxylation sites is 1. The summed E-state index contributed by atoms with van der Waals surface area (Å²) in [6.07, 6.45) is -1.29. The second-order valence-corrected chi connectivity index (χ2v) is 7.12. The number of fused-ring (bicyclic) bond motifs is 1. The molecule has 1 aliphatic heterocycles. The average molecular weight is 364 g/mol. The van der Waals surface area contributed by atoms with Crippen LogP contribution in [0.1, 0.15) is 31.0 Å². The molecule has 1 heterocycles. The van der Waals surface area contributed by atoms with Gasteiger partial charge < -0.3 is 10.2 Å². The molecule has 1 aliphatic rings. The van der Waals surface area contributed by atoms with Crippen LogP contribution in [0.2, 0.25) is 5.02 Å². The van der Waals surface area contributed by atoms with Gasteiger partial charge in [0.15, 0.2) is 0 Å². The summed E-state index contributed by atoms with van der Waals surface area (Å²) in [5.74, 6) is -0.890. The van der Waals surface area contributed by atoms with E-state index in [9.17, 15) is 19.4 Å². The Labute approximate surface area is 150 Å². The van der Waals surface area contributed by atoms with Crippen LogP contribution in [-0.2, 0) is 10.2 Å². The van der Waals surface area contributed by atoms with E-state index < -0.39 is 30.0 Å². The monoisotopic (exact) mass is 363 g/mol. The van der Waals surface area contributed by atoms with E-state index in [1.807, 2.05) is 0 Å². The standard InChI is InChI=1S/C19H19ClFNO3/c1-19(2)13-7-4-8-14(21)17(13)22(18(19)25)16(15(24)10-23)11-5-3-6-12(20)9-11/h3-9,15-16,23-24H,10H2,1-2H3/t15-,16+/m1/s1. The van der Waals surface area contributed by atoms with Crippen molar-refractivity contribution in [3.8, 4) is 0 Å². The molecular weight excluding hydrogens is 345 g/mol. The molecule has 2 aromatic carbocycles. The van der Waals surface area contributed by atoms with Gasteiger partial charge in [-0.1, -0.05) is 35.9 Å². The molecule has 25 heavy (non-hydrogen) atoms. The van der Waals surface area contributed by atoms with E-state index in [0.717, 1.165) is 0 Å². The van der Waals surface area contributed by atoms with Crippen LogP contribution < -0.4 is 4.90 Å². The van der Waals surface area contributed by atoms with Gasteiger partial charge in [0, 0.05) is 5.02 Å². The number of hydrogen-bond acceptors (Lipinski definition) is 3. The van der Waals surface area contributed by atoms with Crippen LogP contribution in [0, 0.1) is 5.82 Å². The molecule has 0 spiro atoms. The maximum atomic E-state index is 14.6. The second kappa shape index (κ2) is 6.41. The highest BCUT2D eigenvalue weighted by atomic mass is 35.5. The number of aliphatic hydroxyl groups is 2. The molecule has 2 aromatic rings. The molecule has 1 amide bonds. The first kappa shape index (κ1) is 17.9. The summed E-state index contributed by atoms with van der Waals surface area (Å²) in [5, 5.41) is 20.4. The smallest absolute Gasteiger partial charge is 0.237 e. The molecule has 3 rings (SSSR count). The SMILES string of the molecule is CC1(C)C(=O)N([C@@H](c2cccc(Cl)c2)[C@H](O)CO)c2c(F)cccc21. The number of nitrogens with zero attached hydrogens (tertiary/aromatic N) is 1. The quantitative estimate of drug-likeness (QED) is 0.877. The molecule has 0 bridgehead atoms. The lowest BCUT2D eigenvalue weighted by Gasteiger charge is -2.33. The number of halogens is 2. The first-order valence-corrected chi connectivity index (χ1v) is 8.34. The predicted molar refractivity (Wildman–Crippen MR) is 94.2 cm³/mol. The van der Waals surface area contributed by atoms with E-state index in [4.69, 9.17) is 11.6 Å². The maximum absolute atomic E-state index is 14.6. The van der Waals surface area contributed by atoms with Crippen LogP contribution in [-0.4, -0.2) is 28.8 Å². The highest BCUT2D eigenvalue weighted by Gasteiger charge is 2.49. The number of anilines is 1. The minimum atomic E-state index is -1.29. The van der Waals surface area contributed by atoms with Crippen molar-refractivity contribution in [2.45, 2.75) is 31.4 Å². The van der Waals surface area contributed by atoms with Crippen LogP contribution in [0.15, 0.2) is 42.5 Å². The van der Waals surface area contributed by atoms with E-state index in [-0.39, 0.29) is 11.6 Å². The molecule has 0 unspecified atom stereocenters. The Kier molecular flexibility index (Phi) is 4.58. The summed E-state index contributed by atoms with van der Waals surface area (Å²) in [6, 6.07) is 10.2. The van der Waals surface area contributed by atoms with Crippen LogP contribution in [0.3, 0.4) is 0 Å². The van der Waals surface area contributed by atoms with Crippen molar-refractivity contribution in [1.29, 1.82) is 0 Å². The Bertz CT molecular complexity index is 824. The van der Waals surface area contributed by atoms with Crippen molar-refractivity contribution in [1.82, 2.24) is 0 Å². The minimum Gasteiger partial charge on any atom is -0.394 e. The molecule has 2 atom stereocenters. The van der Waals surface area contributed by atoms with Gasteiger partial charge in [0.25, 0.3) is 0 Å². The summed E-state index contributed by atoms with van der Waals surface area (Å²) in [7, 11) is 0. The molecule has 0 fully saturated rings. The second-order valence-electron chi connectivity index (χ2n) is 6.69. The van der Waals surface area contributed by atoms with Gasteiger partial charge in [-0.25, -0.2) is 4.39 Å². The molecule has 6 heteroatoms. The number of rotatable bonds is 4. The van der Waals surface area contributed by atoms with Gasteiger partial charge in [-0.05, 0) is 43.2 Å². The predicted octanol–water partition coefficient (Wildman–Crippen LogP) is 3.20. The number of carbonyl (C=O) groups excluding carboxylic acids is 1. The summed E-state index contributed by atoms with van der Waals surface area (Å²) in [6.45, 7) is 2.85. The Hall–Kier alpha value is -1.95. The Balaban J connectivity index is 2.22. The van der Waals surface area contributed by atoms with Crippen molar-refractivity contribution in [2.24, 2.45) is 0 Å². The molecule has 4 nitrogen and oxygen atoms in total. The first-order chi connectivity index (χ1) is 11.8. The van der Waals surface area contributed by atoms with Crippen molar-refractivity contribution >= 4 is 23.2 Å². The topological polar surface area (TPSA) is 60.8 Å². The third-order valence-corrected chi connectivity index (χ3v) is 4.91. The number of benzene rings is 2. The maximum Gasteiger partial charge on any atom is 0.237 e. The fourth-order valence-electron chi connectivity index (χ4n) is 3.38. The molecule has 0 radical (unpaired) electrons. The zero-order chi connectivity index (χ0) is 18.4. The Morgan fingerprint density at radius 2 is 1.92 bits per heavy atom. The van der Waals surface area contributed by atoms with E-state index in [0.29, 0.717) is 16.1 Å². The van der Waals surface area contributed by atoms with Gasteiger partial charge in [-0.2, -0.15) is 0 Å². The van der Waals surface area contributed by atoms with Crippen molar-refractivity contribution in [3.63, 3.8) is 0 Å². The molecule has 2 N–H and O–H groups in total. The zero-order valence-electron chi connectivity index (χ0n) is 13.9. The van der Waals surface area contributed by atoms with Crippen LogP contribution in [0.4, 0.5) is 10.1 Å². The zero-order valence-corrected chi connectivity index (χ0v) is 14.7. The Morgan fingerprint density at radius 3 is 2.56 bits per heavy atom. The molecule has 0 saturated heterocycles. The lowest BCUT2D eigenvalue weighted by Crippen LogP contribution is -2.44. The van der Waals surface area contributed by atoms with E-state index >= 15 is 0 Å². The summed E-state index contributed by atoms with van der Waals surface area (Å²) in [4.78, 5) is 14.3. The molecule has 0 aliphatic carbocycles. The van der Waals surface area contributed by atoms with Crippen molar-refractivity contribution in [3.05, 3.63) is 64.4 Å². The summed E-state index contributed by atoms with van der Waals surface area (Å²) >= 11 is 6.05. The minimum absolute atomic E-state index is 0.134. The summed E-state index contributed by atoms with van der Waals surface area (Å²) in [5.41, 5.74) is 0.266. The lowest BCUT2D eigenvalue weighted by atomic mass is 9.86. The number of carbonyl (C=O) groups is 1. The van der Waals surface area contributed by atoms with Gasteiger partial charge in [-0.3, -0.25) is 9.69 Å². The van der Waals surface area contributed by atoms with Gasteiger partial charge in [-0.15, -0.1) is 0 Å². The average Bonchev–Trinajstić information content (AvgIpc) is 2.77. The van der Waals surface area contributed by atoms with E-state index in [2.05, 4.69) is 0 Å². The van der Waals surface area contributed by atoms with Crippen LogP contribution in [0.5, 0.6) is 0 Å². The first-order valence-electron chi connectivity index (χ1n) is 7.96. The third-order valence-electron chi connectivity index (χ3n) is 4.67. The van der Waals surface area contributed by atoms with Gasteiger partial charge in [0.2, 0.25) is 5.91 Å². The highest BCUT2D eigenvalue weighted by Crippen LogP contribution is 2.47. The van der Waals surface area contributed by atoms with Gasteiger partial charge in [0.1, 0.15) is 11.9 Å². The van der Waals surface area contributed by atoms with Crippen molar-refractivity contribution in [2.75, 3.05) is 11.5 Å². The summed E-state index contributed by atoms with van der Waals surface area (Å²) < 4.78 is 14.6. The molecule has 0 aromatic heterocycles. The molecule has 0 saturated carbocycles. The van der Waals surface area contributed by atoms with Gasteiger partial charge >= 0.3 is 0 Å². The number of amides is 1. The fraction of sp³-hybridized carbons (Fsp3) is 0.316. The largest absolute Gasteiger partial charge is 0.394 e. The van der Waals surface area contributed by atoms with Gasteiger partial charge in [0.05, 0.1) is 23.8 Å². The number of aliphatic hydroxyl groups excluding tert-OH is 2.